The first kappa shape index (κ1) is 31.4. The molecule has 5 heteroatoms. The molecular formula is C49H31N5. The highest BCUT2D eigenvalue weighted by molar-refractivity contribution is 6.21. The van der Waals surface area contributed by atoms with Crippen LogP contribution in [-0.2, 0) is 0 Å². The van der Waals surface area contributed by atoms with Crippen molar-refractivity contribution in [1.82, 2.24) is 24.9 Å². The molecule has 0 spiro atoms. The van der Waals surface area contributed by atoms with Crippen LogP contribution in [0.3, 0.4) is 0 Å². The monoisotopic (exact) mass is 689 g/mol. The van der Waals surface area contributed by atoms with Crippen LogP contribution in [-0.4, -0.2) is 24.9 Å². The smallest absolute Gasteiger partial charge is 0.179 e. The SMILES string of the molecule is c1ccc(-c2cc(-c3cccc(-c4c5ccccc5c(-c5ccc(-c6ncccn6)cc5)c5ccccc45)c3)nc(-c3ccc4ccccc4n3)n2)cc1. The summed E-state index contributed by atoms with van der Waals surface area (Å²) in [5.74, 6) is 1.31. The summed E-state index contributed by atoms with van der Waals surface area (Å²) in [5.41, 5.74) is 11.0. The van der Waals surface area contributed by atoms with Gasteiger partial charge >= 0.3 is 0 Å². The van der Waals surface area contributed by atoms with Crippen molar-refractivity contribution < 1.29 is 0 Å². The molecule has 0 unspecified atom stereocenters. The van der Waals surface area contributed by atoms with E-state index in [-0.39, 0.29) is 0 Å². The average molecular weight is 690 g/mol. The van der Waals surface area contributed by atoms with Gasteiger partial charge in [0.05, 0.1) is 16.9 Å². The highest BCUT2D eigenvalue weighted by Crippen LogP contribution is 2.44. The molecule has 252 valence electrons. The quantitative estimate of drug-likeness (QED) is 0.163. The minimum atomic E-state index is 0.590. The molecule has 0 bridgehead atoms. The third-order valence-electron chi connectivity index (χ3n) is 10.00. The molecule has 0 aliphatic rings. The Morgan fingerprint density at radius 3 is 1.56 bits per heavy atom. The summed E-state index contributed by atoms with van der Waals surface area (Å²) in [7, 11) is 0. The zero-order valence-electron chi connectivity index (χ0n) is 29.1. The van der Waals surface area contributed by atoms with E-state index in [4.69, 9.17) is 15.0 Å². The molecule has 0 saturated heterocycles. The van der Waals surface area contributed by atoms with Crippen molar-refractivity contribution in [2.45, 2.75) is 0 Å². The maximum atomic E-state index is 5.17. The van der Waals surface area contributed by atoms with Gasteiger partial charge in [0.2, 0.25) is 0 Å². The van der Waals surface area contributed by atoms with Crippen molar-refractivity contribution >= 4 is 32.4 Å². The summed E-state index contributed by atoms with van der Waals surface area (Å²) in [6, 6.07) is 61.2. The number of aromatic nitrogens is 5. The van der Waals surface area contributed by atoms with Gasteiger partial charge < -0.3 is 0 Å². The van der Waals surface area contributed by atoms with Crippen LogP contribution in [0.15, 0.2) is 188 Å². The first-order valence-corrected chi connectivity index (χ1v) is 18.0. The largest absolute Gasteiger partial charge is 0.244 e. The van der Waals surface area contributed by atoms with Crippen molar-refractivity contribution in [3.8, 4) is 67.7 Å². The van der Waals surface area contributed by atoms with Gasteiger partial charge in [-0.15, -0.1) is 0 Å². The lowest BCUT2D eigenvalue weighted by molar-refractivity contribution is 1.16. The molecule has 54 heavy (non-hydrogen) atoms. The average Bonchev–Trinajstić information content (AvgIpc) is 3.26. The fourth-order valence-electron chi connectivity index (χ4n) is 7.48. The van der Waals surface area contributed by atoms with Crippen molar-refractivity contribution in [2.75, 3.05) is 0 Å². The molecule has 5 nitrogen and oxygen atoms in total. The van der Waals surface area contributed by atoms with Crippen LogP contribution in [0.2, 0.25) is 0 Å². The van der Waals surface area contributed by atoms with Gasteiger partial charge in [-0.2, -0.15) is 0 Å². The predicted molar refractivity (Wildman–Crippen MR) is 221 cm³/mol. The Hall–Kier alpha value is -7.37. The highest BCUT2D eigenvalue weighted by Gasteiger charge is 2.18. The molecule has 0 aliphatic carbocycles. The lowest BCUT2D eigenvalue weighted by Gasteiger charge is -2.18. The minimum Gasteiger partial charge on any atom is -0.244 e. The van der Waals surface area contributed by atoms with Crippen molar-refractivity contribution in [2.24, 2.45) is 0 Å². The van der Waals surface area contributed by atoms with Crippen LogP contribution < -0.4 is 0 Å². The highest BCUT2D eigenvalue weighted by atomic mass is 14.9. The van der Waals surface area contributed by atoms with Gasteiger partial charge in [0.1, 0.15) is 5.69 Å². The summed E-state index contributed by atoms with van der Waals surface area (Å²) in [5, 5.41) is 5.84. The Labute approximate surface area is 312 Å². The number of hydrogen-bond acceptors (Lipinski definition) is 5. The number of benzene rings is 7. The van der Waals surface area contributed by atoms with Crippen LogP contribution >= 0.6 is 0 Å². The minimum absolute atomic E-state index is 0.590. The number of hydrogen-bond donors (Lipinski definition) is 0. The van der Waals surface area contributed by atoms with Crippen molar-refractivity contribution in [1.29, 1.82) is 0 Å². The second-order valence-corrected chi connectivity index (χ2v) is 13.3. The van der Waals surface area contributed by atoms with Gasteiger partial charge in [-0.1, -0.05) is 146 Å². The van der Waals surface area contributed by atoms with E-state index < -0.39 is 0 Å². The molecule has 0 atom stereocenters. The molecule has 0 N–H and O–H groups in total. The molecule has 0 fully saturated rings. The fourth-order valence-corrected chi connectivity index (χ4v) is 7.48. The van der Waals surface area contributed by atoms with Crippen molar-refractivity contribution in [3.63, 3.8) is 0 Å². The normalized spacial score (nSPS) is 11.3. The summed E-state index contributed by atoms with van der Waals surface area (Å²) < 4.78 is 0. The third kappa shape index (κ3) is 5.65. The van der Waals surface area contributed by atoms with E-state index in [1.807, 2.05) is 48.5 Å². The molecule has 10 rings (SSSR count). The number of fused-ring (bicyclic) bond motifs is 3. The van der Waals surface area contributed by atoms with E-state index in [2.05, 4.69) is 137 Å². The maximum absolute atomic E-state index is 5.17. The molecular weight excluding hydrogens is 659 g/mol. The molecule has 3 aromatic heterocycles. The van der Waals surface area contributed by atoms with E-state index in [1.165, 1.54) is 32.7 Å². The Morgan fingerprint density at radius 1 is 0.296 bits per heavy atom. The zero-order valence-corrected chi connectivity index (χ0v) is 29.1. The Morgan fingerprint density at radius 2 is 0.852 bits per heavy atom. The van der Waals surface area contributed by atoms with E-state index in [1.54, 1.807) is 12.4 Å². The van der Waals surface area contributed by atoms with Gasteiger partial charge in [-0.3, -0.25) is 0 Å². The maximum Gasteiger partial charge on any atom is 0.179 e. The van der Waals surface area contributed by atoms with Crippen LogP contribution in [0, 0.1) is 0 Å². The van der Waals surface area contributed by atoms with Gasteiger partial charge in [0, 0.05) is 34.5 Å². The summed E-state index contributed by atoms with van der Waals surface area (Å²) in [6.45, 7) is 0. The lowest BCUT2D eigenvalue weighted by atomic mass is 9.85. The second-order valence-electron chi connectivity index (χ2n) is 13.3. The van der Waals surface area contributed by atoms with Gasteiger partial charge in [-0.05, 0) is 74.1 Å². The molecule has 3 heterocycles. The van der Waals surface area contributed by atoms with E-state index in [0.717, 1.165) is 55.8 Å². The number of pyridine rings is 1. The van der Waals surface area contributed by atoms with Gasteiger partial charge in [0.15, 0.2) is 11.6 Å². The first-order valence-electron chi connectivity index (χ1n) is 18.0. The van der Waals surface area contributed by atoms with E-state index >= 15 is 0 Å². The van der Waals surface area contributed by atoms with Crippen molar-refractivity contribution in [3.05, 3.63) is 188 Å². The lowest BCUT2D eigenvalue weighted by Crippen LogP contribution is -1.98. The Bertz CT molecular complexity index is 2920. The third-order valence-corrected chi connectivity index (χ3v) is 10.00. The van der Waals surface area contributed by atoms with E-state index in [9.17, 15) is 0 Å². The molecule has 0 saturated carbocycles. The first-order chi connectivity index (χ1) is 26.8. The zero-order chi connectivity index (χ0) is 35.8. The molecule has 0 radical (unpaired) electrons. The van der Waals surface area contributed by atoms with Gasteiger partial charge in [-0.25, -0.2) is 24.9 Å². The predicted octanol–water partition coefficient (Wildman–Crippen LogP) is 12.1. The van der Waals surface area contributed by atoms with Crippen LogP contribution in [0.5, 0.6) is 0 Å². The molecule has 0 amide bonds. The summed E-state index contributed by atoms with van der Waals surface area (Å²) in [6.07, 6.45) is 3.55. The standard InChI is InChI=1S/C49H31N5/c1-2-12-32(13-3-1)44-31-45(54-49(53-44)43-27-26-33-14-4-9-21-42(33)52-43)36-15-10-16-37(30-36)47-40-19-7-5-17-38(40)46(39-18-6-8-20-41(39)47)34-22-24-35(25-23-34)48-50-28-11-29-51-48/h1-31H. The Kier molecular flexibility index (Phi) is 7.73. The number of rotatable bonds is 6. The Balaban J connectivity index is 1.14. The molecule has 0 aliphatic heterocycles. The van der Waals surface area contributed by atoms with Crippen LogP contribution in [0.25, 0.3) is 100 Å². The molecule has 7 aromatic carbocycles. The fraction of sp³-hybridized carbons (Fsp3) is 0. The number of para-hydroxylation sites is 1. The van der Waals surface area contributed by atoms with Crippen LogP contribution in [0.4, 0.5) is 0 Å². The summed E-state index contributed by atoms with van der Waals surface area (Å²) in [4.78, 5) is 24.1. The summed E-state index contributed by atoms with van der Waals surface area (Å²) >= 11 is 0. The second kappa shape index (κ2) is 13.3. The van der Waals surface area contributed by atoms with E-state index in [0.29, 0.717) is 11.6 Å². The van der Waals surface area contributed by atoms with Crippen LogP contribution in [0.1, 0.15) is 0 Å². The van der Waals surface area contributed by atoms with Gasteiger partial charge in [0.25, 0.3) is 0 Å². The molecule has 10 aromatic rings. The number of nitrogens with zero attached hydrogens (tertiary/aromatic N) is 5. The topological polar surface area (TPSA) is 64.5 Å².